The monoisotopic (exact) mass is 676 g/mol. The Morgan fingerprint density at radius 1 is 0.633 bits per heavy atom. The van der Waals surface area contributed by atoms with E-state index in [0.717, 1.165) is 64.2 Å². The van der Waals surface area contributed by atoms with E-state index in [1.807, 2.05) is 12.2 Å². The largest absolute Gasteiger partial charge is 0.393 e. The van der Waals surface area contributed by atoms with Crippen molar-refractivity contribution in [1.29, 1.82) is 0 Å². The van der Waals surface area contributed by atoms with Crippen molar-refractivity contribution >= 4 is 23.1 Å². The van der Waals surface area contributed by atoms with Crippen LogP contribution in [0.1, 0.15) is 124 Å². The lowest BCUT2D eigenvalue weighted by molar-refractivity contribution is -0.146. The number of carbonyl (C=O) groups is 4. The summed E-state index contributed by atoms with van der Waals surface area (Å²) in [5.74, 6) is 3.54. The Morgan fingerprint density at radius 2 is 1.14 bits per heavy atom. The Labute approximate surface area is 292 Å². The third-order valence-corrected chi connectivity index (χ3v) is 16.9. The molecule has 0 aromatic rings. The SMILES string of the molecule is C[C@]12CC[C@H]3[C@@H](CCC4=CC(=O)CC[C@@]43C)[C@@H]1CC[C@@H]2C(=O)CO.C[C@]12C[C@H](O)[C@H]3[C@@H](CCC4=CC(=O)CC[C@@]43C)[C@@H]1CC[C@@H]2C(=O)CO. The van der Waals surface area contributed by atoms with E-state index in [0.29, 0.717) is 54.6 Å². The van der Waals surface area contributed by atoms with Gasteiger partial charge in [0.05, 0.1) is 6.10 Å². The maximum Gasteiger partial charge on any atom is 0.161 e. The van der Waals surface area contributed by atoms with Crippen LogP contribution in [0.2, 0.25) is 0 Å². The predicted octanol–water partition coefficient (Wildman–Crippen LogP) is 6.36. The molecular formula is C42H60O7. The molecule has 6 fully saturated rings. The molecule has 0 aromatic carbocycles. The molecule has 7 nitrogen and oxygen atoms in total. The van der Waals surface area contributed by atoms with Crippen molar-refractivity contribution in [3.63, 3.8) is 0 Å². The van der Waals surface area contributed by atoms with E-state index in [1.54, 1.807) is 0 Å². The van der Waals surface area contributed by atoms with Crippen LogP contribution in [-0.4, -0.2) is 57.8 Å². The predicted molar refractivity (Wildman–Crippen MR) is 186 cm³/mol. The van der Waals surface area contributed by atoms with Gasteiger partial charge >= 0.3 is 0 Å². The molecule has 8 aliphatic carbocycles. The number of hydrogen-bond acceptors (Lipinski definition) is 7. The maximum atomic E-state index is 12.3. The van der Waals surface area contributed by atoms with Gasteiger partial charge in [0.1, 0.15) is 13.2 Å². The van der Waals surface area contributed by atoms with Crippen LogP contribution in [0.5, 0.6) is 0 Å². The molecule has 0 amide bonds. The zero-order chi connectivity index (χ0) is 35.1. The van der Waals surface area contributed by atoms with Gasteiger partial charge < -0.3 is 15.3 Å². The van der Waals surface area contributed by atoms with E-state index < -0.39 is 6.10 Å². The minimum atomic E-state index is -0.430. The molecule has 0 unspecified atom stereocenters. The molecule has 13 atom stereocenters. The number of aliphatic hydroxyl groups excluding tert-OH is 3. The summed E-state index contributed by atoms with van der Waals surface area (Å²) in [5.41, 5.74) is 2.68. The van der Waals surface area contributed by atoms with E-state index in [1.165, 1.54) is 24.0 Å². The Balaban J connectivity index is 0.000000154. The average molecular weight is 677 g/mol. The van der Waals surface area contributed by atoms with E-state index in [2.05, 4.69) is 27.7 Å². The molecule has 0 aliphatic heterocycles. The van der Waals surface area contributed by atoms with E-state index >= 15 is 0 Å². The van der Waals surface area contributed by atoms with Crippen LogP contribution in [-0.2, 0) is 19.2 Å². The summed E-state index contributed by atoms with van der Waals surface area (Å²) in [4.78, 5) is 48.3. The lowest BCUT2D eigenvalue weighted by atomic mass is 9.46. The topological polar surface area (TPSA) is 129 Å². The second kappa shape index (κ2) is 12.6. The lowest BCUT2D eigenvalue weighted by Gasteiger charge is -2.59. The Morgan fingerprint density at radius 3 is 1.73 bits per heavy atom. The van der Waals surface area contributed by atoms with Gasteiger partial charge in [-0.1, -0.05) is 38.8 Å². The number of hydrogen-bond donors (Lipinski definition) is 3. The van der Waals surface area contributed by atoms with Crippen LogP contribution < -0.4 is 0 Å². The molecule has 8 rings (SSSR count). The van der Waals surface area contributed by atoms with Crippen LogP contribution in [0.3, 0.4) is 0 Å². The quantitative estimate of drug-likeness (QED) is 0.316. The summed E-state index contributed by atoms with van der Waals surface area (Å²) >= 11 is 0. The van der Waals surface area contributed by atoms with Crippen LogP contribution in [0, 0.1) is 69.0 Å². The molecule has 0 heterocycles. The van der Waals surface area contributed by atoms with Crippen LogP contribution in [0.15, 0.2) is 23.3 Å². The zero-order valence-electron chi connectivity index (χ0n) is 30.3. The Hall–Kier alpha value is -1.96. The van der Waals surface area contributed by atoms with Gasteiger partial charge in [-0.3, -0.25) is 19.2 Å². The van der Waals surface area contributed by atoms with Crippen molar-refractivity contribution in [2.45, 2.75) is 130 Å². The molecule has 8 aliphatic rings. The minimum absolute atomic E-state index is 0.0541. The molecule has 6 saturated carbocycles. The van der Waals surface area contributed by atoms with Crippen molar-refractivity contribution in [3.8, 4) is 0 Å². The minimum Gasteiger partial charge on any atom is -0.393 e. The second-order valence-electron chi connectivity index (χ2n) is 18.7. The Kier molecular flexibility index (Phi) is 9.13. The first kappa shape index (κ1) is 35.4. The summed E-state index contributed by atoms with van der Waals surface area (Å²) in [5, 5.41) is 29.9. The van der Waals surface area contributed by atoms with Gasteiger partial charge in [-0.05, 0) is 153 Å². The fraction of sp³-hybridized carbons (Fsp3) is 0.810. The first-order chi connectivity index (χ1) is 23.2. The van der Waals surface area contributed by atoms with E-state index in [4.69, 9.17) is 0 Å². The normalized spacial score (nSPS) is 48.3. The van der Waals surface area contributed by atoms with E-state index in [9.17, 15) is 34.5 Å². The summed E-state index contributed by atoms with van der Waals surface area (Å²) in [7, 11) is 0. The molecule has 270 valence electrons. The van der Waals surface area contributed by atoms with Gasteiger partial charge in [0, 0.05) is 24.7 Å². The van der Waals surface area contributed by atoms with E-state index in [-0.39, 0.29) is 70.0 Å². The van der Waals surface area contributed by atoms with Gasteiger partial charge in [0.2, 0.25) is 0 Å². The average Bonchev–Trinajstić information content (AvgIpc) is 3.61. The fourth-order valence-corrected chi connectivity index (χ4v) is 14.5. The summed E-state index contributed by atoms with van der Waals surface area (Å²) < 4.78 is 0. The standard InChI is InChI=1S/C21H30O4.C21H30O3/c1-20-8-7-13(23)9-12(20)3-4-14-15-5-6-16(18(25)11-22)21(15,2)10-17(24)19(14)20;1-20-9-7-14(23)11-13(20)3-4-15-16-5-6-18(19(24)12-22)21(16,2)10-8-17(15)20/h9,14-17,19,22,24H,3-8,10-11H2,1-2H3;11,15-18,22H,3-10,12H2,1-2H3/t14-,15-,16+,17-,19+,20-,21-;15-,16-,17-,18+,20-,21-/m00/s1. The highest BCUT2D eigenvalue weighted by Crippen LogP contribution is 2.68. The van der Waals surface area contributed by atoms with Gasteiger partial charge in [-0.15, -0.1) is 0 Å². The Bertz CT molecular complexity index is 1460. The molecule has 0 spiro atoms. The summed E-state index contributed by atoms with van der Waals surface area (Å²) in [6, 6.07) is 0. The van der Waals surface area contributed by atoms with Crippen molar-refractivity contribution < 1.29 is 34.5 Å². The lowest BCUT2D eigenvalue weighted by Crippen LogP contribution is -2.57. The molecule has 0 saturated heterocycles. The number of fused-ring (bicyclic) bond motifs is 10. The van der Waals surface area contributed by atoms with Crippen molar-refractivity contribution in [2.24, 2.45) is 69.0 Å². The number of allylic oxidation sites excluding steroid dienone is 2. The first-order valence-electron chi connectivity index (χ1n) is 19.6. The fourth-order valence-electron chi connectivity index (χ4n) is 14.5. The maximum absolute atomic E-state index is 12.3. The molecule has 3 N–H and O–H groups in total. The third-order valence-electron chi connectivity index (χ3n) is 16.9. The highest BCUT2D eigenvalue weighted by molar-refractivity contribution is 5.92. The van der Waals surface area contributed by atoms with Gasteiger partial charge in [-0.2, -0.15) is 0 Å². The van der Waals surface area contributed by atoms with Crippen molar-refractivity contribution in [2.75, 3.05) is 13.2 Å². The van der Waals surface area contributed by atoms with Crippen molar-refractivity contribution in [1.82, 2.24) is 0 Å². The number of ketones is 4. The third kappa shape index (κ3) is 5.36. The van der Waals surface area contributed by atoms with Gasteiger partial charge in [0.25, 0.3) is 0 Å². The number of rotatable bonds is 4. The van der Waals surface area contributed by atoms with Crippen LogP contribution >= 0.6 is 0 Å². The molecule has 0 bridgehead atoms. The number of aliphatic hydroxyl groups is 3. The zero-order valence-corrected chi connectivity index (χ0v) is 30.3. The van der Waals surface area contributed by atoms with Crippen molar-refractivity contribution in [3.05, 3.63) is 23.3 Å². The second-order valence-corrected chi connectivity index (χ2v) is 18.7. The molecule has 49 heavy (non-hydrogen) atoms. The first-order valence-corrected chi connectivity index (χ1v) is 19.6. The highest BCUT2D eigenvalue weighted by atomic mass is 16.3. The molecular weight excluding hydrogens is 616 g/mol. The molecule has 7 heteroatoms. The number of Topliss-reactive ketones (excluding diaryl/α,β-unsaturated/α-hetero) is 2. The smallest absolute Gasteiger partial charge is 0.161 e. The molecule has 0 aromatic heterocycles. The van der Waals surface area contributed by atoms with Crippen LogP contribution in [0.25, 0.3) is 0 Å². The summed E-state index contributed by atoms with van der Waals surface area (Å²) in [6.45, 7) is 8.45. The number of carbonyl (C=O) groups excluding carboxylic acids is 4. The molecule has 0 radical (unpaired) electrons. The van der Waals surface area contributed by atoms with Gasteiger partial charge in [0.15, 0.2) is 23.1 Å². The van der Waals surface area contributed by atoms with Gasteiger partial charge in [-0.25, -0.2) is 0 Å². The highest BCUT2D eigenvalue weighted by Gasteiger charge is 2.63. The summed E-state index contributed by atoms with van der Waals surface area (Å²) in [6.07, 6.45) is 17.6. The van der Waals surface area contributed by atoms with Crippen LogP contribution in [0.4, 0.5) is 0 Å².